The first-order chi connectivity index (χ1) is 13.7. The third-order valence-electron chi connectivity index (χ3n) is 4.61. The van der Waals surface area contributed by atoms with Crippen LogP contribution in [0.3, 0.4) is 0 Å². The summed E-state index contributed by atoms with van der Waals surface area (Å²) < 4.78 is 14.8. The molecular weight excluding hydrogens is 380 g/mol. The van der Waals surface area contributed by atoms with Gasteiger partial charge in [-0.05, 0) is 31.5 Å². The van der Waals surface area contributed by atoms with E-state index in [1.807, 2.05) is 19.1 Å². The molecular formula is C20H20N2O7. The molecule has 1 aliphatic rings. The van der Waals surface area contributed by atoms with Crippen LogP contribution in [0.4, 0.5) is 4.79 Å². The summed E-state index contributed by atoms with van der Waals surface area (Å²) in [7, 11) is 1.22. The van der Waals surface area contributed by atoms with E-state index in [1.165, 1.54) is 19.2 Å². The first-order valence-corrected chi connectivity index (χ1v) is 8.78. The second-order valence-electron chi connectivity index (χ2n) is 6.73. The lowest BCUT2D eigenvalue weighted by atomic mass is 9.91. The van der Waals surface area contributed by atoms with Crippen molar-refractivity contribution in [1.82, 2.24) is 10.2 Å². The van der Waals surface area contributed by atoms with Crippen molar-refractivity contribution in [2.24, 2.45) is 0 Å². The number of esters is 2. The van der Waals surface area contributed by atoms with Crippen molar-refractivity contribution in [3.63, 3.8) is 0 Å². The molecule has 9 nitrogen and oxygen atoms in total. The van der Waals surface area contributed by atoms with Gasteiger partial charge in [0.2, 0.25) is 5.76 Å². The van der Waals surface area contributed by atoms with E-state index in [-0.39, 0.29) is 18.1 Å². The van der Waals surface area contributed by atoms with Crippen LogP contribution in [0, 0.1) is 6.92 Å². The van der Waals surface area contributed by atoms with Crippen LogP contribution >= 0.6 is 0 Å². The summed E-state index contributed by atoms with van der Waals surface area (Å²) in [5.41, 5.74) is 0.368. The van der Waals surface area contributed by atoms with Gasteiger partial charge in [0, 0.05) is 0 Å². The minimum Gasteiger partial charge on any atom is -0.463 e. The van der Waals surface area contributed by atoms with Crippen molar-refractivity contribution in [2.45, 2.75) is 26.0 Å². The fraction of sp³-hybridized carbons (Fsp3) is 0.300. The van der Waals surface area contributed by atoms with Gasteiger partial charge in [0.25, 0.3) is 5.91 Å². The normalized spacial score (nSPS) is 18.5. The van der Waals surface area contributed by atoms with Crippen molar-refractivity contribution in [1.29, 1.82) is 0 Å². The first kappa shape index (κ1) is 20.1. The molecule has 152 valence electrons. The van der Waals surface area contributed by atoms with Crippen molar-refractivity contribution < 1.29 is 33.1 Å². The third kappa shape index (κ3) is 3.98. The Kier molecular flexibility index (Phi) is 5.40. The zero-order valence-corrected chi connectivity index (χ0v) is 16.2. The Morgan fingerprint density at radius 3 is 2.48 bits per heavy atom. The predicted molar refractivity (Wildman–Crippen MR) is 98.6 cm³/mol. The molecule has 3 amide bonds. The Morgan fingerprint density at radius 1 is 1.14 bits per heavy atom. The number of imide groups is 1. The highest BCUT2D eigenvalue weighted by Crippen LogP contribution is 2.29. The molecule has 1 saturated heterocycles. The summed E-state index contributed by atoms with van der Waals surface area (Å²) in [4.78, 5) is 49.4. The first-order valence-electron chi connectivity index (χ1n) is 8.78. The number of urea groups is 1. The number of ether oxygens (including phenoxy) is 2. The van der Waals surface area contributed by atoms with Crippen molar-refractivity contribution in [2.75, 3.05) is 13.7 Å². The van der Waals surface area contributed by atoms with E-state index >= 15 is 0 Å². The Hall–Kier alpha value is -3.62. The highest BCUT2D eigenvalue weighted by atomic mass is 16.6. The average Bonchev–Trinajstić information content (AvgIpc) is 3.26. The number of furan rings is 1. The van der Waals surface area contributed by atoms with Gasteiger partial charge in [-0.15, -0.1) is 0 Å². The number of aryl methyl sites for hydroxylation is 1. The van der Waals surface area contributed by atoms with E-state index in [9.17, 15) is 19.2 Å². The van der Waals surface area contributed by atoms with Gasteiger partial charge in [0.1, 0.15) is 24.5 Å². The molecule has 0 bridgehead atoms. The maximum absolute atomic E-state index is 12.8. The van der Waals surface area contributed by atoms with E-state index in [2.05, 4.69) is 10.1 Å². The fourth-order valence-electron chi connectivity index (χ4n) is 2.92. The van der Waals surface area contributed by atoms with E-state index in [0.29, 0.717) is 5.56 Å². The highest BCUT2D eigenvalue weighted by Gasteiger charge is 2.49. The number of carbonyl (C=O) groups excluding carboxylic acids is 4. The number of methoxy groups -OCH3 is 1. The molecule has 1 N–H and O–H groups in total. The smallest absolute Gasteiger partial charge is 0.373 e. The van der Waals surface area contributed by atoms with Crippen LogP contribution < -0.4 is 5.32 Å². The van der Waals surface area contributed by atoms with Crippen LogP contribution in [-0.2, 0) is 31.2 Å². The summed E-state index contributed by atoms with van der Waals surface area (Å²) in [5, 5.41) is 2.63. The van der Waals surface area contributed by atoms with Gasteiger partial charge in [0.15, 0.2) is 0 Å². The molecule has 0 spiro atoms. The molecule has 2 aromatic rings. The number of nitrogens with one attached hydrogen (secondary N) is 1. The van der Waals surface area contributed by atoms with Gasteiger partial charge in [0.05, 0.1) is 7.11 Å². The van der Waals surface area contributed by atoms with Gasteiger partial charge in [-0.3, -0.25) is 14.5 Å². The van der Waals surface area contributed by atoms with E-state index < -0.39 is 36.0 Å². The molecule has 29 heavy (non-hydrogen) atoms. The quantitative estimate of drug-likeness (QED) is 0.581. The Morgan fingerprint density at radius 2 is 1.83 bits per heavy atom. The summed E-state index contributed by atoms with van der Waals surface area (Å²) in [6.45, 7) is 2.70. The molecule has 3 rings (SSSR count). The number of nitrogens with zero attached hydrogens (tertiary/aromatic N) is 1. The Labute approximate surface area is 166 Å². The van der Waals surface area contributed by atoms with E-state index in [1.54, 1.807) is 19.1 Å². The van der Waals surface area contributed by atoms with E-state index in [0.717, 1.165) is 10.5 Å². The lowest BCUT2D eigenvalue weighted by Crippen LogP contribution is -2.41. The molecule has 9 heteroatoms. The molecule has 1 fully saturated rings. The van der Waals surface area contributed by atoms with Gasteiger partial charge >= 0.3 is 18.0 Å². The summed E-state index contributed by atoms with van der Waals surface area (Å²) in [6.07, 6.45) is 0. The number of rotatable bonds is 6. The van der Waals surface area contributed by atoms with Crippen molar-refractivity contribution in [3.8, 4) is 0 Å². The van der Waals surface area contributed by atoms with Gasteiger partial charge in [-0.25, -0.2) is 9.59 Å². The molecule has 1 atom stereocenters. The number of hydrogen-bond acceptors (Lipinski definition) is 7. The third-order valence-corrected chi connectivity index (χ3v) is 4.61. The van der Waals surface area contributed by atoms with Crippen LogP contribution in [0.25, 0.3) is 0 Å². The average molecular weight is 400 g/mol. The van der Waals surface area contributed by atoms with Crippen LogP contribution in [0.1, 0.15) is 34.4 Å². The lowest BCUT2D eigenvalue weighted by molar-refractivity contribution is -0.149. The maximum Gasteiger partial charge on any atom is 0.373 e. The van der Waals surface area contributed by atoms with Crippen LogP contribution in [0.2, 0.25) is 0 Å². The summed E-state index contributed by atoms with van der Waals surface area (Å²) in [6, 6.07) is 9.35. The second-order valence-corrected chi connectivity index (χ2v) is 6.73. The number of benzene rings is 1. The maximum atomic E-state index is 12.8. The molecule has 0 aliphatic carbocycles. The Bertz CT molecular complexity index is 963. The summed E-state index contributed by atoms with van der Waals surface area (Å²) in [5.74, 6) is -1.80. The number of hydrogen-bond donors (Lipinski definition) is 1. The van der Waals surface area contributed by atoms with Crippen LogP contribution in [-0.4, -0.2) is 42.4 Å². The molecule has 1 aliphatic heterocycles. The highest BCUT2D eigenvalue weighted by molar-refractivity contribution is 6.08. The second kappa shape index (κ2) is 7.78. The van der Waals surface area contributed by atoms with Crippen LogP contribution in [0.15, 0.2) is 40.8 Å². The minimum atomic E-state index is -1.26. The standard InChI is InChI=1S/C20H20N2O7/c1-12-4-6-13(7-5-12)20(2)18(25)22(19(26)21-20)10-16(23)28-11-14-8-9-15(29-14)17(24)27-3/h4-9H,10-11H2,1-3H3,(H,21,26)/t20-/m0/s1. The number of carbonyl (C=O) groups is 4. The minimum absolute atomic E-state index is 0.0264. The van der Waals surface area contributed by atoms with Gasteiger partial charge in [-0.1, -0.05) is 29.8 Å². The molecule has 1 aromatic carbocycles. The number of amides is 3. The zero-order chi connectivity index (χ0) is 21.2. The van der Waals surface area contributed by atoms with Crippen molar-refractivity contribution >= 4 is 23.9 Å². The van der Waals surface area contributed by atoms with Crippen LogP contribution in [0.5, 0.6) is 0 Å². The molecule has 1 aromatic heterocycles. The zero-order valence-electron chi connectivity index (χ0n) is 16.2. The van der Waals surface area contributed by atoms with E-state index in [4.69, 9.17) is 9.15 Å². The largest absolute Gasteiger partial charge is 0.463 e. The molecule has 0 saturated carbocycles. The monoisotopic (exact) mass is 400 g/mol. The van der Waals surface area contributed by atoms with Gasteiger partial charge < -0.3 is 19.2 Å². The fourth-order valence-corrected chi connectivity index (χ4v) is 2.92. The Balaban J connectivity index is 1.62. The topological polar surface area (TPSA) is 115 Å². The molecule has 0 radical (unpaired) electrons. The predicted octanol–water partition coefficient (Wildman–Crippen LogP) is 1.89. The molecule has 2 heterocycles. The molecule has 0 unspecified atom stereocenters. The summed E-state index contributed by atoms with van der Waals surface area (Å²) >= 11 is 0. The van der Waals surface area contributed by atoms with Crippen molar-refractivity contribution in [3.05, 3.63) is 59.0 Å². The van der Waals surface area contributed by atoms with Gasteiger partial charge in [-0.2, -0.15) is 0 Å². The lowest BCUT2D eigenvalue weighted by Gasteiger charge is -2.22. The SMILES string of the molecule is COC(=O)c1ccc(COC(=O)CN2C(=O)N[C@@](C)(c3ccc(C)cc3)C2=O)o1.